The molecule has 0 aliphatic carbocycles. The molecule has 0 aromatic heterocycles. The SMILES string of the molecule is CC/C=C\C/C=C\C/C=C\C/C=C\C/C=C\CCCCCC(=O)OC(COCCCCCCCCCCCCCCCCCCCCCCCCCC)COC1OC(CO)C(O)C(OS(=O)(=O)O)C1O. The second-order valence-electron chi connectivity index (χ2n) is 19.2. The van der Waals surface area contributed by atoms with E-state index in [4.69, 9.17) is 18.9 Å². The maximum absolute atomic E-state index is 12.9. The number of unbranched alkanes of at least 4 members (excludes halogenated alkanes) is 26. The normalized spacial score (nSPS) is 19.5. The number of aliphatic hydroxyl groups is 3. The first-order valence-electron chi connectivity index (χ1n) is 28.0. The Kier molecular flexibility index (Phi) is 44.9. The molecule has 6 atom stereocenters. The van der Waals surface area contributed by atoms with Crippen LogP contribution in [0.15, 0.2) is 60.8 Å². The maximum Gasteiger partial charge on any atom is 0.397 e. The smallest absolute Gasteiger partial charge is 0.397 e. The number of esters is 1. The Balaban J connectivity index is 2.32. The van der Waals surface area contributed by atoms with Crippen LogP contribution in [0.4, 0.5) is 0 Å². The molecule has 408 valence electrons. The molecule has 70 heavy (non-hydrogen) atoms. The molecule has 0 amide bonds. The Morgan fingerprint density at radius 1 is 0.557 bits per heavy atom. The second-order valence-corrected chi connectivity index (χ2v) is 20.2. The number of rotatable bonds is 49. The van der Waals surface area contributed by atoms with E-state index in [2.05, 4.69) is 78.8 Å². The molecule has 1 rings (SSSR count). The quantitative estimate of drug-likeness (QED) is 0.0196. The van der Waals surface area contributed by atoms with E-state index in [1.807, 2.05) is 0 Å². The number of hydrogen-bond acceptors (Lipinski definition) is 11. The van der Waals surface area contributed by atoms with E-state index in [0.29, 0.717) is 13.0 Å². The summed E-state index contributed by atoms with van der Waals surface area (Å²) >= 11 is 0. The topological polar surface area (TPSA) is 178 Å². The minimum Gasteiger partial charge on any atom is -0.457 e. The molecule has 1 aliphatic heterocycles. The predicted molar refractivity (Wildman–Crippen MR) is 285 cm³/mol. The van der Waals surface area contributed by atoms with E-state index in [9.17, 15) is 33.1 Å². The predicted octanol–water partition coefficient (Wildman–Crippen LogP) is 13.6. The van der Waals surface area contributed by atoms with Gasteiger partial charge in [-0.15, -0.1) is 0 Å². The molecule has 1 aliphatic rings. The molecule has 13 heteroatoms. The van der Waals surface area contributed by atoms with E-state index >= 15 is 0 Å². The van der Waals surface area contributed by atoms with Gasteiger partial charge in [0.05, 0.1) is 19.8 Å². The largest absolute Gasteiger partial charge is 0.457 e. The fraction of sp³-hybridized carbons (Fsp3) is 0.807. The van der Waals surface area contributed by atoms with Gasteiger partial charge in [-0.1, -0.05) is 229 Å². The van der Waals surface area contributed by atoms with Gasteiger partial charge in [0.2, 0.25) is 0 Å². The zero-order valence-corrected chi connectivity index (χ0v) is 44.9. The average molecular weight is 1010 g/mol. The number of aliphatic hydroxyl groups excluding tert-OH is 3. The van der Waals surface area contributed by atoms with E-state index < -0.39 is 59.8 Å². The molecule has 12 nitrogen and oxygen atoms in total. The molecular weight excluding hydrogens is 909 g/mol. The summed E-state index contributed by atoms with van der Waals surface area (Å²) in [6.07, 6.45) is 52.6. The van der Waals surface area contributed by atoms with Crippen LogP contribution < -0.4 is 0 Å². The summed E-state index contributed by atoms with van der Waals surface area (Å²) in [4.78, 5) is 12.9. The third-order valence-electron chi connectivity index (χ3n) is 12.7. The summed E-state index contributed by atoms with van der Waals surface area (Å²) in [5.41, 5.74) is 0. The van der Waals surface area contributed by atoms with Crippen LogP contribution in [-0.4, -0.2) is 97.5 Å². The van der Waals surface area contributed by atoms with Crippen molar-refractivity contribution < 1.29 is 56.2 Å². The van der Waals surface area contributed by atoms with Crippen LogP contribution in [0.25, 0.3) is 0 Å². The Morgan fingerprint density at radius 2 is 0.986 bits per heavy atom. The van der Waals surface area contributed by atoms with Crippen LogP contribution in [0.2, 0.25) is 0 Å². The molecule has 1 heterocycles. The van der Waals surface area contributed by atoms with Gasteiger partial charge in [0.15, 0.2) is 6.29 Å². The summed E-state index contributed by atoms with van der Waals surface area (Å²) in [6, 6.07) is 0. The van der Waals surface area contributed by atoms with Gasteiger partial charge in [-0.05, 0) is 57.8 Å². The van der Waals surface area contributed by atoms with Gasteiger partial charge in [-0.2, -0.15) is 8.42 Å². The van der Waals surface area contributed by atoms with E-state index in [0.717, 1.165) is 70.6 Å². The number of hydrogen-bond donors (Lipinski definition) is 4. The van der Waals surface area contributed by atoms with Crippen molar-refractivity contribution >= 4 is 16.4 Å². The van der Waals surface area contributed by atoms with Gasteiger partial charge >= 0.3 is 16.4 Å². The van der Waals surface area contributed by atoms with Crippen molar-refractivity contribution in [1.29, 1.82) is 0 Å². The zero-order chi connectivity index (χ0) is 51.0. The lowest BCUT2D eigenvalue weighted by Gasteiger charge is -2.41. The monoisotopic (exact) mass is 1010 g/mol. The van der Waals surface area contributed by atoms with Crippen LogP contribution in [0.3, 0.4) is 0 Å². The minimum absolute atomic E-state index is 0.0228. The van der Waals surface area contributed by atoms with Crippen LogP contribution in [0.5, 0.6) is 0 Å². The highest BCUT2D eigenvalue weighted by Gasteiger charge is 2.48. The lowest BCUT2D eigenvalue weighted by molar-refractivity contribution is -0.301. The Morgan fingerprint density at radius 3 is 1.43 bits per heavy atom. The van der Waals surface area contributed by atoms with Gasteiger partial charge in [0.25, 0.3) is 0 Å². The fourth-order valence-corrected chi connectivity index (χ4v) is 8.97. The van der Waals surface area contributed by atoms with Crippen molar-refractivity contribution in [2.45, 2.75) is 269 Å². The molecule has 0 saturated carbocycles. The number of carbonyl (C=O) groups excluding carboxylic acids is 1. The maximum atomic E-state index is 12.9. The summed E-state index contributed by atoms with van der Waals surface area (Å²) < 4.78 is 59.3. The summed E-state index contributed by atoms with van der Waals surface area (Å²) in [7, 11) is -5.07. The molecule has 1 saturated heterocycles. The van der Waals surface area contributed by atoms with Gasteiger partial charge < -0.3 is 34.3 Å². The van der Waals surface area contributed by atoms with Crippen LogP contribution in [-0.2, 0) is 38.3 Å². The molecule has 0 spiro atoms. The van der Waals surface area contributed by atoms with Crippen molar-refractivity contribution in [2.75, 3.05) is 26.4 Å². The van der Waals surface area contributed by atoms with Crippen molar-refractivity contribution in [3.05, 3.63) is 60.8 Å². The Labute approximate surface area is 427 Å². The van der Waals surface area contributed by atoms with E-state index in [1.54, 1.807) is 0 Å². The number of carbonyl (C=O) groups is 1. The minimum atomic E-state index is -5.07. The molecule has 0 radical (unpaired) electrons. The van der Waals surface area contributed by atoms with Gasteiger partial charge in [0.1, 0.15) is 30.5 Å². The highest BCUT2D eigenvalue weighted by molar-refractivity contribution is 7.80. The lowest BCUT2D eigenvalue weighted by Crippen LogP contribution is -2.60. The molecular formula is C57H102O12S. The highest BCUT2D eigenvalue weighted by Crippen LogP contribution is 2.26. The summed E-state index contributed by atoms with van der Waals surface area (Å²) in [5, 5.41) is 30.8. The highest BCUT2D eigenvalue weighted by atomic mass is 32.3. The molecule has 4 N–H and O–H groups in total. The third kappa shape index (κ3) is 40.3. The average Bonchev–Trinajstić information content (AvgIpc) is 3.34. The zero-order valence-electron chi connectivity index (χ0n) is 44.1. The first kappa shape index (κ1) is 65.8. The molecule has 0 bridgehead atoms. The third-order valence-corrected chi connectivity index (χ3v) is 13.1. The van der Waals surface area contributed by atoms with Crippen LogP contribution >= 0.6 is 0 Å². The fourth-order valence-electron chi connectivity index (χ4n) is 8.47. The second kappa shape index (κ2) is 47.8. The first-order valence-corrected chi connectivity index (χ1v) is 29.4. The van der Waals surface area contributed by atoms with Crippen LogP contribution in [0, 0.1) is 0 Å². The number of allylic oxidation sites excluding steroid dienone is 10. The summed E-state index contributed by atoms with van der Waals surface area (Å²) in [5.74, 6) is -0.428. The molecule has 0 aromatic carbocycles. The molecule has 6 unspecified atom stereocenters. The molecule has 0 aromatic rings. The number of ether oxygens (including phenoxy) is 4. The van der Waals surface area contributed by atoms with Crippen molar-refractivity contribution in [2.24, 2.45) is 0 Å². The van der Waals surface area contributed by atoms with Crippen LogP contribution in [0.1, 0.15) is 232 Å². The summed E-state index contributed by atoms with van der Waals surface area (Å²) in [6.45, 7) is 3.87. The van der Waals surface area contributed by atoms with Gasteiger partial charge in [-0.3, -0.25) is 9.35 Å². The molecule has 1 fully saturated rings. The van der Waals surface area contributed by atoms with Gasteiger partial charge in [-0.25, -0.2) is 4.18 Å². The van der Waals surface area contributed by atoms with E-state index in [-0.39, 0.29) is 19.6 Å². The Hall–Kier alpha value is -2.20. The first-order chi connectivity index (χ1) is 34.1. The lowest BCUT2D eigenvalue weighted by atomic mass is 9.99. The Bertz CT molecular complexity index is 1450. The van der Waals surface area contributed by atoms with Crippen molar-refractivity contribution in [3.63, 3.8) is 0 Å². The standard InChI is InChI=1S/C57H102O12S/c1-3-5-7-9-11-13-15-17-19-21-23-24-25-26-27-29-31-33-35-37-39-41-43-45-47-65-49-51(50-66-57-55(61)56(69-70(62,63)64)54(60)52(48-58)68-57)67-53(59)46-44-42-40-38-36-34-32-30-28-22-20-18-16-14-12-10-8-6-4-2/h6,8,12,14,18,20,28,30,34,36,51-52,54-58,60-61H,3-5,7,9-11,13,15-17,19,21-27,29,31-33,35,37-50H2,1-2H3,(H,62,63,64)/b8-6-,14-12-,20-18-,30-28-,36-34-. The van der Waals surface area contributed by atoms with Gasteiger partial charge in [0, 0.05) is 13.0 Å². The van der Waals surface area contributed by atoms with Crippen molar-refractivity contribution in [3.8, 4) is 0 Å². The van der Waals surface area contributed by atoms with Crippen molar-refractivity contribution in [1.82, 2.24) is 0 Å². The van der Waals surface area contributed by atoms with E-state index in [1.165, 1.54) is 135 Å².